The quantitative estimate of drug-likeness (QED) is 0.881. The van der Waals surface area contributed by atoms with E-state index in [-0.39, 0.29) is 12.1 Å². The van der Waals surface area contributed by atoms with Gasteiger partial charge in [0.1, 0.15) is 5.82 Å². The number of nitrogens with zero attached hydrogens (tertiary/aromatic N) is 2. The molecule has 1 aromatic heterocycles. The summed E-state index contributed by atoms with van der Waals surface area (Å²) in [7, 11) is 0. The number of alkyl halides is 3. The fourth-order valence-corrected chi connectivity index (χ4v) is 1.76. The first-order chi connectivity index (χ1) is 9.84. The van der Waals surface area contributed by atoms with Gasteiger partial charge in [0, 0.05) is 25.5 Å². The van der Waals surface area contributed by atoms with Gasteiger partial charge in [-0.2, -0.15) is 13.2 Å². The highest BCUT2D eigenvalue weighted by molar-refractivity contribution is 5.26. The second-order valence-electron chi connectivity index (χ2n) is 4.60. The van der Waals surface area contributed by atoms with Crippen LogP contribution in [0.2, 0.25) is 0 Å². The Hall–Kier alpha value is -2.02. The summed E-state index contributed by atoms with van der Waals surface area (Å²) in [6.07, 6.45) is -1.38. The van der Waals surface area contributed by atoms with Gasteiger partial charge in [0.2, 0.25) is 0 Å². The molecule has 0 amide bonds. The predicted molar refractivity (Wildman–Crippen MR) is 68.7 cm³/mol. The maximum atomic E-state index is 13.2. The Bertz CT molecular complexity index is 609. The zero-order valence-corrected chi connectivity index (χ0v) is 11.2. The number of benzene rings is 1. The van der Waals surface area contributed by atoms with Crippen molar-refractivity contribution in [3.8, 4) is 0 Å². The molecule has 0 aliphatic carbocycles. The minimum absolute atomic E-state index is 0.108. The smallest absolute Gasteiger partial charge is 0.307 e. The number of aromatic nitrogens is 2. The molecule has 0 atom stereocenters. The number of nitrogens with one attached hydrogen (secondary N) is 1. The molecule has 1 N–H and O–H groups in total. The first kappa shape index (κ1) is 15.4. The number of hydrogen-bond acceptors (Lipinski definition) is 3. The highest BCUT2D eigenvalue weighted by Crippen LogP contribution is 2.30. The molecule has 0 radical (unpaired) electrons. The molecule has 7 heteroatoms. The summed E-state index contributed by atoms with van der Waals surface area (Å²) in [5.74, 6) is -0.906. The van der Waals surface area contributed by atoms with Crippen LogP contribution in [-0.4, -0.2) is 9.97 Å². The van der Waals surface area contributed by atoms with E-state index in [0.29, 0.717) is 18.3 Å². The molecule has 0 saturated carbocycles. The van der Waals surface area contributed by atoms with E-state index in [2.05, 4.69) is 15.3 Å². The highest BCUT2D eigenvalue weighted by atomic mass is 19.4. The van der Waals surface area contributed by atoms with Crippen molar-refractivity contribution in [2.75, 3.05) is 0 Å². The minimum atomic E-state index is -4.56. The molecular formula is C14H13F4N3. The van der Waals surface area contributed by atoms with E-state index >= 15 is 0 Å². The summed E-state index contributed by atoms with van der Waals surface area (Å²) in [6, 6.07) is 2.48. The molecule has 0 bridgehead atoms. The molecule has 1 aromatic carbocycles. The average Bonchev–Trinajstić information content (AvgIpc) is 2.39. The molecule has 0 aliphatic heterocycles. The van der Waals surface area contributed by atoms with Crippen molar-refractivity contribution in [3.05, 3.63) is 58.9 Å². The minimum Gasteiger partial charge on any atom is -0.307 e. The predicted octanol–water partition coefficient (Wildman–Crippen LogP) is 3.23. The fraction of sp³-hybridized carbons (Fsp3) is 0.286. The lowest BCUT2D eigenvalue weighted by atomic mass is 10.1. The van der Waals surface area contributed by atoms with E-state index in [0.717, 1.165) is 17.8 Å². The number of rotatable bonds is 4. The second-order valence-corrected chi connectivity index (χ2v) is 4.60. The van der Waals surface area contributed by atoms with Crippen molar-refractivity contribution < 1.29 is 17.6 Å². The van der Waals surface area contributed by atoms with Gasteiger partial charge >= 0.3 is 6.18 Å². The number of hydrogen-bond donors (Lipinski definition) is 1. The van der Waals surface area contributed by atoms with Crippen LogP contribution >= 0.6 is 0 Å². The summed E-state index contributed by atoms with van der Waals surface area (Å²) >= 11 is 0. The Morgan fingerprint density at radius 3 is 2.43 bits per heavy atom. The van der Waals surface area contributed by atoms with Gasteiger partial charge in [-0.25, -0.2) is 4.39 Å². The molecule has 0 saturated heterocycles. The van der Waals surface area contributed by atoms with Crippen LogP contribution in [0.5, 0.6) is 0 Å². The van der Waals surface area contributed by atoms with Gasteiger partial charge in [-0.05, 0) is 30.7 Å². The first-order valence-electron chi connectivity index (χ1n) is 6.19. The summed E-state index contributed by atoms with van der Waals surface area (Å²) in [5.41, 5.74) is 0.670. The molecule has 0 unspecified atom stereocenters. The van der Waals surface area contributed by atoms with Gasteiger partial charge in [0.25, 0.3) is 0 Å². The molecule has 3 nitrogen and oxygen atoms in total. The zero-order chi connectivity index (χ0) is 15.5. The van der Waals surface area contributed by atoms with Crippen molar-refractivity contribution >= 4 is 0 Å². The van der Waals surface area contributed by atoms with Crippen molar-refractivity contribution in [1.29, 1.82) is 0 Å². The van der Waals surface area contributed by atoms with Crippen LogP contribution in [0.25, 0.3) is 0 Å². The van der Waals surface area contributed by atoms with Gasteiger partial charge in [-0.1, -0.05) is 0 Å². The van der Waals surface area contributed by atoms with E-state index in [1.54, 1.807) is 19.3 Å². The molecule has 112 valence electrons. The summed E-state index contributed by atoms with van der Waals surface area (Å²) < 4.78 is 50.9. The molecule has 2 rings (SSSR count). The maximum absolute atomic E-state index is 13.2. The average molecular weight is 299 g/mol. The highest BCUT2D eigenvalue weighted by Gasteiger charge is 2.31. The van der Waals surface area contributed by atoms with Crippen molar-refractivity contribution in [1.82, 2.24) is 15.3 Å². The van der Waals surface area contributed by atoms with Crippen LogP contribution in [0.1, 0.15) is 22.5 Å². The van der Waals surface area contributed by atoms with Crippen molar-refractivity contribution in [2.45, 2.75) is 26.2 Å². The normalized spacial score (nSPS) is 11.7. The number of halogens is 4. The van der Waals surface area contributed by atoms with Crippen molar-refractivity contribution in [2.24, 2.45) is 0 Å². The summed E-state index contributed by atoms with van der Waals surface area (Å²) in [5, 5.41) is 2.91. The standard InChI is InChI=1S/C14H13F4N3/c1-9-5-21-13(8-20-9)7-19-6-10-2-11(14(16,17)18)4-12(15)3-10/h2-5,8,19H,6-7H2,1H3. The summed E-state index contributed by atoms with van der Waals surface area (Å²) in [4.78, 5) is 8.16. The second kappa shape index (κ2) is 6.17. The van der Waals surface area contributed by atoms with Gasteiger partial charge < -0.3 is 5.32 Å². The SMILES string of the molecule is Cc1cnc(CNCc2cc(F)cc(C(F)(F)F)c2)cn1. The Morgan fingerprint density at radius 1 is 1.05 bits per heavy atom. The molecule has 0 spiro atoms. The van der Waals surface area contributed by atoms with Crippen molar-refractivity contribution in [3.63, 3.8) is 0 Å². The van der Waals surface area contributed by atoms with Crippen LogP contribution in [0.3, 0.4) is 0 Å². The molecule has 0 fully saturated rings. The van der Waals surface area contributed by atoms with Crippen LogP contribution < -0.4 is 5.32 Å². The molecular weight excluding hydrogens is 286 g/mol. The van der Waals surface area contributed by atoms with E-state index in [9.17, 15) is 17.6 Å². The third-order valence-electron chi connectivity index (χ3n) is 2.75. The molecule has 21 heavy (non-hydrogen) atoms. The largest absolute Gasteiger partial charge is 0.416 e. The van der Waals surface area contributed by atoms with Gasteiger partial charge in [0.15, 0.2) is 0 Å². The maximum Gasteiger partial charge on any atom is 0.416 e. The van der Waals surface area contributed by atoms with Crippen LogP contribution in [0.4, 0.5) is 17.6 Å². The Balaban J connectivity index is 2.00. The van der Waals surface area contributed by atoms with Gasteiger partial charge in [-0.15, -0.1) is 0 Å². The van der Waals surface area contributed by atoms with Gasteiger partial charge in [0.05, 0.1) is 17.0 Å². The monoisotopic (exact) mass is 299 g/mol. The molecule has 2 aromatic rings. The van der Waals surface area contributed by atoms with E-state index < -0.39 is 17.6 Å². The number of aryl methyl sites for hydroxylation is 1. The van der Waals surface area contributed by atoms with Crippen LogP contribution in [-0.2, 0) is 19.3 Å². The first-order valence-corrected chi connectivity index (χ1v) is 6.19. The summed E-state index contributed by atoms with van der Waals surface area (Å²) in [6.45, 7) is 2.25. The molecule has 1 heterocycles. The Kier molecular flexibility index (Phi) is 4.52. The topological polar surface area (TPSA) is 37.8 Å². The fourth-order valence-electron chi connectivity index (χ4n) is 1.76. The Labute approximate surface area is 119 Å². The third kappa shape index (κ3) is 4.49. The van der Waals surface area contributed by atoms with Crippen LogP contribution in [0.15, 0.2) is 30.6 Å². The van der Waals surface area contributed by atoms with Gasteiger partial charge in [-0.3, -0.25) is 9.97 Å². The third-order valence-corrected chi connectivity index (χ3v) is 2.75. The van der Waals surface area contributed by atoms with Crippen LogP contribution in [0, 0.1) is 12.7 Å². The lowest BCUT2D eigenvalue weighted by Crippen LogP contribution is -2.15. The molecule has 0 aliphatic rings. The van der Waals surface area contributed by atoms with E-state index in [1.807, 2.05) is 0 Å². The zero-order valence-electron chi connectivity index (χ0n) is 11.2. The Morgan fingerprint density at radius 2 is 1.81 bits per heavy atom. The lowest BCUT2D eigenvalue weighted by molar-refractivity contribution is -0.137. The lowest BCUT2D eigenvalue weighted by Gasteiger charge is -2.10. The van der Waals surface area contributed by atoms with E-state index in [4.69, 9.17) is 0 Å². The van der Waals surface area contributed by atoms with E-state index in [1.165, 1.54) is 0 Å².